The van der Waals surface area contributed by atoms with Gasteiger partial charge < -0.3 is 4.98 Å². The van der Waals surface area contributed by atoms with E-state index in [1.807, 2.05) is 23.8 Å². The molecule has 3 aromatic heterocycles. The fraction of sp³-hybridized carbons (Fsp3) is 0.0556. The molecule has 0 unspecified atom stereocenters. The summed E-state index contributed by atoms with van der Waals surface area (Å²) in [6.07, 6.45) is 3.76. The van der Waals surface area contributed by atoms with Gasteiger partial charge in [0.2, 0.25) is 0 Å². The molecule has 2 nitrogen and oxygen atoms in total. The van der Waals surface area contributed by atoms with E-state index in [1.54, 1.807) is 24.3 Å². The molecule has 1 aromatic carbocycles. The van der Waals surface area contributed by atoms with Gasteiger partial charge >= 0.3 is 0 Å². The molecule has 1 N–H and O–H groups in total. The van der Waals surface area contributed by atoms with Crippen molar-refractivity contribution in [3.8, 4) is 22.3 Å². The normalized spacial score (nSPS) is 11.2. The van der Waals surface area contributed by atoms with E-state index in [1.165, 1.54) is 6.07 Å². The highest BCUT2D eigenvalue weighted by Gasteiger charge is 2.12. The van der Waals surface area contributed by atoms with Crippen LogP contribution in [0.3, 0.4) is 0 Å². The van der Waals surface area contributed by atoms with Crippen LogP contribution < -0.4 is 0 Å². The molecule has 0 saturated carbocycles. The van der Waals surface area contributed by atoms with Crippen LogP contribution in [0.15, 0.2) is 53.5 Å². The summed E-state index contributed by atoms with van der Waals surface area (Å²) in [5.74, 6) is -0.186. The highest BCUT2D eigenvalue weighted by Crippen LogP contribution is 2.33. The molecular weight excluding hydrogens is 295 g/mol. The zero-order valence-electron chi connectivity index (χ0n) is 11.9. The van der Waals surface area contributed by atoms with Crippen molar-refractivity contribution in [2.45, 2.75) is 6.92 Å². The fourth-order valence-corrected chi connectivity index (χ4v) is 3.38. The average molecular weight is 308 g/mol. The summed E-state index contributed by atoms with van der Waals surface area (Å²) >= 11 is 1.66. The van der Waals surface area contributed by atoms with E-state index in [9.17, 15) is 4.39 Å². The molecule has 0 atom stereocenters. The van der Waals surface area contributed by atoms with Crippen molar-refractivity contribution in [3.05, 3.63) is 64.9 Å². The Morgan fingerprint density at radius 3 is 2.86 bits per heavy atom. The van der Waals surface area contributed by atoms with E-state index >= 15 is 0 Å². The number of hydrogen-bond acceptors (Lipinski definition) is 2. The summed E-state index contributed by atoms with van der Waals surface area (Å²) < 4.78 is 13.8. The van der Waals surface area contributed by atoms with Gasteiger partial charge in [0.25, 0.3) is 0 Å². The van der Waals surface area contributed by atoms with E-state index in [0.717, 1.165) is 33.3 Å². The van der Waals surface area contributed by atoms with Gasteiger partial charge in [-0.25, -0.2) is 9.37 Å². The monoisotopic (exact) mass is 308 g/mol. The molecule has 0 fully saturated rings. The maximum atomic E-state index is 13.8. The molecule has 4 heteroatoms. The zero-order valence-corrected chi connectivity index (χ0v) is 12.7. The van der Waals surface area contributed by atoms with Gasteiger partial charge in [0.05, 0.1) is 0 Å². The minimum Gasteiger partial charge on any atom is -0.346 e. The number of hydrogen-bond donors (Lipinski definition) is 1. The van der Waals surface area contributed by atoms with Crippen LogP contribution in [0, 0.1) is 12.7 Å². The number of nitrogens with zero attached hydrogens (tertiary/aromatic N) is 1. The third-order valence-electron chi connectivity index (χ3n) is 3.94. The second-order valence-electron chi connectivity index (χ2n) is 5.25. The Kier molecular flexibility index (Phi) is 3.05. The lowest BCUT2D eigenvalue weighted by atomic mass is 9.99. The molecule has 0 radical (unpaired) electrons. The Morgan fingerprint density at radius 1 is 1.14 bits per heavy atom. The van der Waals surface area contributed by atoms with Gasteiger partial charge in [-0.05, 0) is 52.6 Å². The van der Waals surface area contributed by atoms with Crippen LogP contribution in [-0.2, 0) is 0 Å². The first-order valence-electron chi connectivity index (χ1n) is 6.99. The standard InChI is InChI=1S/C18H13FN2S/c1-11-14(3-2-4-17(11)19)16-9-21-18-15(16)7-13(8-20-18)12-5-6-22-10-12/h2-10H,1H3,(H,20,21). The molecule has 0 spiro atoms. The molecule has 4 aromatic rings. The summed E-state index contributed by atoms with van der Waals surface area (Å²) in [5.41, 5.74) is 5.58. The Morgan fingerprint density at radius 2 is 2.05 bits per heavy atom. The number of benzene rings is 1. The molecule has 0 aliphatic heterocycles. The third-order valence-corrected chi connectivity index (χ3v) is 4.63. The predicted octanol–water partition coefficient (Wildman–Crippen LogP) is 5.41. The number of fused-ring (bicyclic) bond motifs is 1. The average Bonchev–Trinajstić information content (AvgIpc) is 3.18. The lowest BCUT2D eigenvalue weighted by Gasteiger charge is -2.06. The SMILES string of the molecule is Cc1c(F)cccc1-c1c[nH]c2ncc(-c3ccsc3)cc12. The van der Waals surface area contributed by atoms with Crippen molar-refractivity contribution < 1.29 is 4.39 Å². The predicted molar refractivity (Wildman–Crippen MR) is 89.5 cm³/mol. The first kappa shape index (κ1) is 13.2. The number of aromatic amines is 1. The second-order valence-corrected chi connectivity index (χ2v) is 6.03. The van der Waals surface area contributed by atoms with Crippen molar-refractivity contribution >= 4 is 22.4 Å². The Balaban J connectivity index is 1.95. The fourth-order valence-electron chi connectivity index (χ4n) is 2.71. The summed E-state index contributed by atoms with van der Waals surface area (Å²) in [6.45, 7) is 1.81. The van der Waals surface area contributed by atoms with Crippen LogP contribution in [0.25, 0.3) is 33.3 Å². The Hall–Kier alpha value is -2.46. The quantitative estimate of drug-likeness (QED) is 0.527. The number of halogens is 1. The van der Waals surface area contributed by atoms with Crippen LogP contribution in [0.2, 0.25) is 0 Å². The van der Waals surface area contributed by atoms with Crippen LogP contribution in [0.4, 0.5) is 4.39 Å². The number of nitrogens with one attached hydrogen (secondary N) is 1. The van der Waals surface area contributed by atoms with Gasteiger partial charge in [-0.1, -0.05) is 12.1 Å². The minimum atomic E-state index is -0.186. The smallest absolute Gasteiger partial charge is 0.137 e. The first-order valence-corrected chi connectivity index (χ1v) is 7.93. The molecule has 0 aliphatic rings. The molecule has 108 valence electrons. The van der Waals surface area contributed by atoms with Crippen LogP contribution in [-0.4, -0.2) is 9.97 Å². The summed E-state index contributed by atoms with van der Waals surface area (Å²) in [5, 5.41) is 5.16. The molecule has 0 saturated heterocycles. The van der Waals surface area contributed by atoms with Crippen LogP contribution in [0.1, 0.15) is 5.56 Å². The lowest BCUT2D eigenvalue weighted by molar-refractivity contribution is 0.619. The third kappa shape index (κ3) is 2.04. The van der Waals surface area contributed by atoms with Gasteiger partial charge in [0, 0.05) is 28.9 Å². The highest BCUT2D eigenvalue weighted by atomic mass is 32.1. The number of rotatable bonds is 2. The summed E-state index contributed by atoms with van der Waals surface area (Å²) in [7, 11) is 0. The number of aromatic nitrogens is 2. The van der Waals surface area contributed by atoms with E-state index in [2.05, 4.69) is 27.5 Å². The van der Waals surface area contributed by atoms with Gasteiger partial charge in [-0.2, -0.15) is 11.3 Å². The number of thiophene rings is 1. The van der Waals surface area contributed by atoms with Gasteiger partial charge in [-0.15, -0.1) is 0 Å². The lowest BCUT2D eigenvalue weighted by Crippen LogP contribution is -1.87. The number of H-pyrrole nitrogens is 1. The van der Waals surface area contributed by atoms with E-state index in [0.29, 0.717) is 5.56 Å². The van der Waals surface area contributed by atoms with E-state index in [4.69, 9.17) is 0 Å². The van der Waals surface area contributed by atoms with E-state index in [-0.39, 0.29) is 5.82 Å². The van der Waals surface area contributed by atoms with Crippen molar-refractivity contribution in [3.63, 3.8) is 0 Å². The van der Waals surface area contributed by atoms with Gasteiger partial charge in [0.15, 0.2) is 0 Å². The molecule has 0 bridgehead atoms. The molecule has 22 heavy (non-hydrogen) atoms. The minimum absolute atomic E-state index is 0.186. The molecule has 3 heterocycles. The van der Waals surface area contributed by atoms with Crippen molar-refractivity contribution in [2.24, 2.45) is 0 Å². The van der Waals surface area contributed by atoms with Crippen LogP contribution in [0.5, 0.6) is 0 Å². The Bertz CT molecular complexity index is 955. The van der Waals surface area contributed by atoms with Crippen molar-refractivity contribution in [2.75, 3.05) is 0 Å². The van der Waals surface area contributed by atoms with Gasteiger partial charge in [0.1, 0.15) is 11.5 Å². The van der Waals surface area contributed by atoms with Crippen molar-refractivity contribution in [1.29, 1.82) is 0 Å². The second kappa shape index (κ2) is 5.07. The maximum absolute atomic E-state index is 13.8. The highest BCUT2D eigenvalue weighted by molar-refractivity contribution is 7.08. The first-order chi connectivity index (χ1) is 10.7. The topological polar surface area (TPSA) is 28.7 Å². The number of pyridine rings is 1. The molecular formula is C18H13FN2S. The van der Waals surface area contributed by atoms with Crippen LogP contribution >= 0.6 is 11.3 Å². The zero-order chi connectivity index (χ0) is 15.1. The summed E-state index contributed by atoms with van der Waals surface area (Å²) in [6, 6.07) is 9.36. The molecule has 0 amide bonds. The largest absolute Gasteiger partial charge is 0.346 e. The summed E-state index contributed by atoms with van der Waals surface area (Å²) in [4.78, 5) is 7.67. The van der Waals surface area contributed by atoms with Gasteiger partial charge in [-0.3, -0.25) is 0 Å². The van der Waals surface area contributed by atoms with E-state index < -0.39 is 0 Å². The molecule has 0 aliphatic carbocycles. The maximum Gasteiger partial charge on any atom is 0.137 e. The van der Waals surface area contributed by atoms with Crippen molar-refractivity contribution in [1.82, 2.24) is 9.97 Å². The Labute approximate surface area is 131 Å². The molecule has 4 rings (SSSR count).